The van der Waals surface area contributed by atoms with Gasteiger partial charge in [0.1, 0.15) is 0 Å². The van der Waals surface area contributed by atoms with Gasteiger partial charge in [-0.2, -0.15) is 0 Å². The third kappa shape index (κ3) is 8.03. The Morgan fingerprint density at radius 2 is 2.00 bits per heavy atom. The molecule has 9 heavy (non-hydrogen) atoms. The van der Waals surface area contributed by atoms with Crippen molar-refractivity contribution in [3.05, 3.63) is 11.6 Å². The van der Waals surface area contributed by atoms with Crippen LogP contribution in [-0.4, -0.2) is 0 Å². The first kappa shape index (κ1) is 9.03. The van der Waals surface area contributed by atoms with Crippen LogP contribution in [0.1, 0.15) is 39.0 Å². The quantitative estimate of drug-likeness (QED) is 0.520. The van der Waals surface area contributed by atoms with Crippen molar-refractivity contribution < 1.29 is 0 Å². The molecule has 0 amide bonds. The second-order valence-corrected chi connectivity index (χ2v) is 2.74. The predicted molar refractivity (Wildman–Crippen MR) is 42.4 cm³/mol. The Hall–Kier alpha value is 0.0300. The summed E-state index contributed by atoms with van der Waals surface area (Å²) in [6.45, 7) is 7.44. The molecule has 0 saturated carbocycles. The number of rotatable bonds is 5. The minimum absolute atomic E-state index is 0.547. The lowest BCUT2D eigenvalue weighted by molar-refractivity contribution is 0.672. The van der Waals surface area contributed by atoms with Gasteiger partial charge >= 0.3 is 0 Å². The van der Waals surface area contributed by atoms with Crippen molar-refractivity contribution >= 4 is 11.6 Å². The third-order valence-corrected chi connectivity index (χ3v) is 1.46. The normalized spacial score (nSPS) is 9.56. The van der Waals surface area contributed by atoms with Crippen molar-refractivity contribution in [1.82, 2.24) is 0 Å². The van der Waals surface area contributed by atoms with E-state index in [1.165, 1.54) is 19.3 Å². The van der Waals surface area contributed by atoms with E-state index in [0.29, 0.717) is 5.03 Å². The van der Waals surface area contributed by atoms with Gasteiger partial charge in [-0.25, -0.2) is 0 Å². The molecular weight excluding hydrogens is 132 g/mol. The molecule has 0 rings (SSSR count). The van der Waals surface area contributed by atoms with E-state index < -0.39 is 0 Å². The van der Waals surface area contributed by atoms with Crippen molar-refractivity contribution in [3.8, 4) is 0 Å². The van der Waals surface area contributed by atoms with E-state index in [9.17, 15) is 0 Å². The molecule has 0 aliphatic carbocycles. The number of unbranched alkanes of at least 4 members (excludes halogenated alkanes) is 3. The highest BCUT2D eigenvalue weighted by molar-refractivity contribution is 6.28. The molecule has 0 fully saturated rings. The zero-order valence-electron chi connectivity index (χ0n) is 5.99. The smallest absolute Gasteiger partial charge is 0.0181 e. The maximum atomic E-state index is 5.45. The van der Waals surface area contributed by atoms with Gasteiger partial charge in [0.05, 0.1) is 0 Å². The fourth-order valence-corrected chi connectivity index (χ4v) is 0.854. The molecule has 0 aromatic rings. The van der Waals surface area contributed by atoms with Crippen LogP contribution in [0.25, 0.3) is 0 Å². The standard InChI is InChI=1S/C8H14Cl/c1-3-4-5-6-7-8(2)9/h2H,3-7H2,1H3. The Kier molecular flexibility index (Phi) is 6.18. The van der Waals surface area contributed by atoms with Crippen molar-refractivity contribution in [2.75, 3.05) is 0 Å². The van der Waals surface area contributed by atoms with Gasteiger partial charge < -0.3 is 0 Å². The maximum absolute atomic E-state index is 5.45. The molecule has 0 nitrogen and oxygen atoms in total. The molecule has 1 heteroatoms. The Morgan fingerprint density at radius 1 is 1.33 bits per heavy atom. The number of allylic oxidation sites excluding steroid dienone is 1. The topological polar surface area (TPSA) is 0 Å². The van der Waals surface area contributed by atoms with Crippen molar-refractivity contribution in [2.45, 2.75) is 39.0 Å². The molecule has 0 N–H and O–H groups in total. The van der Waals surface area contributed by atoms with Crippen LogP contribution in [0.3, 0.4) is 0 Å². The summed E-state index contributed by atoms with van der Waals surface area (Å²) in [5, 5.41) is 0.547. The molecule has 0 spiro atoms. The highest BCUT2D eigenvalue weighted by Crippen LogP contribution is 2.10. The molecule has 0 unspecified atom stereocenters. The van der Waals surface area contributed by atoms with E-state index in [1.54, 1.807) is 0 Å². The first-order valence-corrected chi connectivity index (χ1v) is 3.92. The van der Waals surface area contributed by atoms with Gasteiger partial charge in [-0.15, -0.1) is 0 Å². The summed E-state index contributed by atoms with van der Waals surface area (Å²) in [5.74, 6) is 0. The first-order chi connectivity index (χ1) is 4.27. The molecule has 1 radical (unpaired) electrons. The van der Waals surface area contributed by atoms with Gasteiger partial charge in [0.25, 0.3) is 0 Å². The second kappa shape index (κ2) is 6.15. The van der Waals surface area contributed by atoms with E-state index in [4.69, 9.17) is 18.2 Å². The predicted octanol–water partition coefficient (Wildman–Crippen LogP) is 3.51. The van der Waals surface area contributed by atoms with Crippen LogP contribution in [0, 0.1) is 6.58 Å². The Labute approximate surface area is 62.9 Å². The molecule has 0 aromatic carbocycles. The number of hydrogen-bond acceptors (Lipinski definition) is 0. The largest absolute Gasteiger partial charge is 0.0892 e. The zero-order chi connectivity index (χ0) is 7.11. The van der Waals surface area contributed by atoms with Crippen molar-refractivity contribution in [1.29, 1.82) is 0 Å². The summed E-state index contributed by atoms with van der Waals surface area (Å²) in [5.41, 5.74) is 0. The van der Waals surface area contributed by atoms with Gasteiger partial charge in [-0.05, 0) is 19.4 Å². The van der Waals surface area contributed by atoms with E-state index in [-0.39, 0.29) is 0 Å². The molecule has 0 bridgehead atoms. The van der Waals surface area contributed by atoms with Crippen molar-refractivity contribution in [2.24, 2.45) is 0 Å². The van der Waals surface area contributed by atoms with Crippen LogP contribution in [0.15, 0.2) is 5.03 Å². The molecule has 0 aliphatic rings. The van der Waals surface area contributed by atoms with Gasteiger partial charge in [-0.1, -0.05) is 37.8 Å². The molecular formula is C8H14Cl. The molecule has 0 aromatic heterocycles. The second-order valence-electron chi connectivity index (χ2n) is 2.26. The minimum Gasteiger partial charge on any atom is -0.0892 e. The van der Waals surface area contributed by atoms with Crippen LogP contribution >= 0.6 is 11.6 Å². The Balaban J connectivity index is 2.83. The summed E-state index contributed by atoms with van der Waals surface area (Å²) >= 11 is 5.45. The molecule has 0 aliphatic heterocycles. The lowest BCUT2D eigenvalue weighted by Gasteiger charge is -1.95. The van der Waals surface area contributed by atoms with Gasteiger partial charge in [-0.3, -0.25) is 0 Å². The summed E-state index contributed by atoms with van der Waals surface area (Å²) in [6, 6.07) is 0. The average Bonchev–Trinajstić information content (AvgIpc) is 1.80. The SMILES string of the molecule is [CH]=C(Cl)CCCCCC. The fourth-order valence-electron chi connectivity index (χ4n) is 0.721. The Bertz CT molecular complexity index is 76.6. The Morgan fingerprint density at radius 3 is 2.44 bits per heavy atom. The van der Waals surface area contributed by atoms with Gasteiger partial charge in [0.2, 0.25) is 0 Å². The minimum atomic E-state index is 0.547. The first-order valence-electron chi connectivity index (χ1n) is 3.54. The zero-order valence-corrected chi connectivity index (χ0v) is 6.75. The van der Waals surface area contributed by atoms with E-state index >= 15 is 0 Å². The lowest BCUT2D eigenvalue weighted by atomic mass is 10.1. The highest BCUT2D eigenvalue weighted by Gasteiger charge is 1.88. The van der Waals surface area contributed by atoms with Gasteiger partial charge in [0.15, 0.2) is 0 Å². The van der Waals surface area contributed by atoms with Crippen LogP contribution in [0.2, 0.25) is 0 Å². The number of halogens is 1. The lowest BCUT2D eigenvalue weighted by Crippen LogP contribution is -1.75. The van der Waals surface area contributed by atoms with Crippen molar-refractivity contribution in [3.63, 3.8) is 0 Å². The van der Waals surface area contributed by atoms with E-state index in [2.05, 4.69) is 6.92 Å². The summed E-state index contributed by atoms with van der Waals surface area (Å²) in [7, 11) is 0. The third-order valence-electron chi connectivity index (χ3n) is 1.27. The van der Waals surface area contributed by atoms with E-state index in [1.807, 2.05) is 0 Å². The summed E-state index contributed by atoms with van der Waals surface area (Å²) < 4.78 is 0. The van der Waals surface area contributed by atoms with Crippen LogP contribution in [0.4, 0.5) is 0 Å². The van der Waals surface area contributed by atoms with Gasteiger partial charge in [0, 0.05) is 5.03 Å². The van der Waals surface area contributed by atoms with Crippen LogP contribution in [-0.2, 0) is 0 Å². The van der Waals surface area contributed by atoms with Crippen LogP contribution < -0.4 is 0 Å². The maximum Gasteiger partial charge on any atom is 0.0181 e. The summed E-state index contributed by atoms with van der Waals surface area (Å²) in [4.78, 5) is 0. The monoisotopic (exact) mass is 145 g/mol. The molecule has 0 heterocycles. The highest BCUT2D eigenvalue weighted by atomic mass is 35.5. The fraction of sp³-hybridized carbons (Fsp3) is 0.750. The summed E-state index contributed by atoms with van der Waals surface area (Å²) in [6.07, 6.45) is 5.83. The molecule has 53 valence electrons. The average molecular weight is 146 g/mol. The van der Waals surface area contributed by atoms with E-state index in [0.717, 1.165) is 12.8 Å². The van der Waals surface area contributed by atoms with Crippen LogP contribution in [0.5, 0.6) is 0 Å². The molecule has 0 atom stereocenters. The number of hydrogen-bond donors (Lipinski definition) is 0. The molecule has 0 saturated heterocycles.